The van der Waals surface area contributed by atoms with Gasteiger partial charge in [-0.2, -0.15) is 0 Å². The minimum Gasteiger partial charge on any atom is -0.507 e. The predicted molar refractivity (Wildman–Crippen MR) is 122 cm³/mol. The molecule has 164 valence electrons. The van der Waals surface area contributed by atoms with Crippen LogP contribution < -0.4 is 4.74 Å². The van der Waals surface area contributed by atoms with E-state index in [1.807, 2.05) is 38.1 Å². The molecule has 1 aliphatic heterocycles. The number of rotatable bonds is 8. The van der Waals surface area contributed by atoms with Crippen molar-refractivity contribution in [3.63, 3.8) is 0 Å². The van der Waals surface area contributed by atoms with Gasteiger partial charge in [0.2, 0.25) is 0 Å². The lowest BCUT2D eigenvalue weighted by Crippen LogP contribution is -2.31. The highest BCUT2D eigenvalue weighted by molar-refractivity contribution is 9.10. The summed E-state index contributed by atoms with van der Waals surface area (Å²) in [7, 11) is 1.59. The van der Waals surface area contributed by atoms with Gasteiger partial charge in [-0.05, 0) is 62.2 Å². The summed E-state index contributed by atoms with van der Waals surface area (Å²) in [5, 5.41) is 11.1. The van der Waals surface area contributed by atoms with Crippen molar-refractivity contribution >= 4 is 33.4 Å². The van der Waals surface area contributed by atoms with E-state index in [0.717, 1.165) is 10.0 Å². The maximum absolute atomic E-state index is 13.0. The molecule has 0 spiro atoms. The van der Waals surface area contributed by atoms with Gasteiger partial charge in [0.15, 0.2) is 0 Å². The van der Waals surface area contributed by atoms with Crippen molar-refractivity contribution in [2.24, 2.45) is 0 Å². The molecule has 0 radical (unpaired) electrons. The molecular weight excluding hydrogens is 462 g/mol. The molecule has 0 bridgehead atoms. The summed E-state index contributed by atoms with van der Waals surface area (Å²) in [6.45, 7) is 4.66. The summed E-state index contributed by atoms with van der Waals surface area (Å²) >= 11 is 3.45. The van der Waals surface area contributed by atoms with E-state index in [1.165, 1.54) is 4.90 Å². The van der Waals surface area contributed by atoms with Gasteiger partial charge in [-0.15, -0.1) is 0 Å². The number of aliphatic hydroxyl groups excluding tert-OH is 1. The van der Waals surface area contributed by atoms with E-state index in [1.54, 1.807) is 31.4 Å². The Hall–Kier alpha value is -2.64. The number of nitrogens with zero attached hydrogens (tertiary/aromatic N) is 1. The number of amides is 1. The number of carbonyl (C=O) groups is 2. The fourth-order valence-corrected chi connectivity index (χ4v) is 4.05. The van der Waals surface area contributed by atoms with Gasteiger partial charge in [-0.3, -0.25) is 9.59 Å². The van der Waals surface area contributed by atoms with Crippen molar-refractivity contribution < 1.29 is 24.2 Å². The van der Waals surface area contributed by atoms with Crippen molar-refractivity contribution in [3.05, 3.63) is 69.7 Å². The quantitative estimate of drug-likeness (QED) is 0.253. The average Bonchev–Trinajstić information content (AvgIpc) is 2.98. The van der Waals surface area contributed by atoms with E-state index >= 15 is 0 Å². The fraction of sp³-hybridized carbons (Fsp3) is 0.333. The summed E-state index contributed by atoms with van der Waals surface area (Å²) < 4.78 is 11.6. The molecule has 1 aliphatic rings. The van der Waals surface area contributed by atoms with Crippen LogP contribution in [0.5, 0.6) is 5.75 Å². The Morgan fingerprint density at radius 1 is 1.16 bits per heavy atom. The number of ether oxygens (including phenoxy) is 2. The Kier molecular flexibility index (Phi) is 7.51. The molecule has 1 atom stereocenters. The SMILES string of the molecule is COCCCN1C(=O)C(=O)C(=C(O)c2ccc(OC(C)C)cc2)[C@@H]1c1cccc(Br)c1. The van der Waals surface area contributed by atoms with Crippen molar-refractivity contribution in [3.8, 4) is 5.75 Å². The highest BCUT2D eigenvalue weighted by atomic mass is 79.9. The number of likely N-dealkylation sites (tertiary alicyclic amines) is 1. The highest BCUT2D eigenvalue weighted by Crippen LogP contribution is 2.40. The van der Waals surface area contributed by atoms with Crippen molar-refractivity contribution in [2.45, 2.75) is 32.4 Å². The zero-order valence-corrected chi connectivity index (χ0v) is 19.4. The third-order valence-electron chi connectivity index (χ3n) is 4.95. The molecule has 0 aliphatic carbocycles. The van der Waals surface area contributed by atoms with E-state index in [9.17, 15) is 14.7 Å². The Balaban J connectivity index is 2.06. The summed E-state index contributed by atoms with van der Waals surface area (Å²) in [4.78, 5) is 27.3. The van der Waals surface area contributed by atoms with Crippen LogP contribution in [-0.4, -0.2) is 48.1 Å². The van der Waals surface area contributed by atoms with Gasteiger partial charge < -0.3 is 19.5 Å². The van der Waals surface area contributed by atoms with E-state index in [-0.39, 0.29) is 17.4 Å². The van der Waals surface area contributed by atoms with Crippen LogP contribution in [0.15, 0.2) is 58.6 Å². The first kappa shape index (κ1) is 23.0. The molecule has 0 saturated carbocycles. The van der Waals surface area contributed by atoms with Crippen LogP contribution >= 0.6 is 15.9 Å². The Morgan fingerprint density at radius 2 is 1.87 bits per heavy atom. The number of hydrogen-bond donors (Lipinski definition) is 1. The number of methoxy groups -OCH3 is 1. The van der Waals surface area contributed by atoms with E-state index < -0.39 is 17.7 Å². The number of benzene rings is 2. The van der Waals surface area contributed by atoms with Crippen LogP contribution in [0.4, 0.5) is 0 Å². The lowest BCUT2D eigenvalue weighted by atomic mass is 9.95. The van der Waals surface area contributed by atoms with Crippen LogP contribution in [-0.2, 0) is 14.3 Å². The number of aliphatic hydroxyl groups is 1. The van der Waals surface area contributed by atoms with Gasteiger partial charge in [-0.25, -0.2) is 0 Å². The molecule has 6 nitrogen and oxygen atoms in total. The topological polar surface area (TPSA) is 76.1 Å². The summed E-state index contributed by atoms with van der Waals surface area (Å²) in [5.41, 5.74) is 1.27. The van der Waals surface area contributed by atoms with Gasteiger partial charge in [0.25, 0.3) is 11.7 Å². The summed E-state index contributed by atoms with van der Waals surface area (Å²) in [6.07, 6.45) is 0.600. The van der Waals surface area contributed by atoms with Crippen molar-refractivity contribution in [1.82, 2.24) is 4.90 Å². The first-order chi connectivity index (χ1) is 14.8. The number of Topliss-reactive ketones (excluding diaryl/α,β-unsaturated/α-hetero) is 1. The van der Waals surface area contributed by atoms with Gasteiger partial charge in [0.1, 0.15) is 11.5 Å². The zero-order chi connectivity index (χ0) is 22.5. The molecule has 1 N–H and O–H groups in total. The van der Waals surface area contributed by atoms with Crippen molar-refractivity contribution in [1.29, 1.82) is 0 Å². The minimum atomic E-state index is -0.692. The smallest absolute Gasteiger partial charge is 0.295 e. The molecular formula is C24H26BrNO5. The third-order valence-corrected chi connectivity index (χ3v) is 5.44. The van der Waals surface area contributed by atoms with Crippen LogP contribution in [0.1, 0.15) is 37.4 Å². The average molecular weight is 488 g/mol. The predicted octanol–water partition coefficient (Wildman–Crippen LogP) is 4.69. The van der Waals surface area contributed by atoms with Gasteiger partial charge in [0.05, 0.1) is 17.7 Å². The van der Waals surface area contributed by atoms with Crippen molar-refractivity contribution in [2.75, 3.05) is 20.3 Å². The van der Waals surface area contributed by atoms with E-state index in [0.29, 0.717) is 30.9 Å². The number of halogens is 1. The maximum atomic E-state index is 13.0. The molecule has 1 fully saturated rings. The fourth-order valence-electron chi connectivity index (χ4n) is 3.63. The molecule has 2 aromatic rings. The number of carbonyl (C=O) groups excluding carboxylic acids is 2. The molecule has 0 unspecified atom stereocenters. The zero-order valence-electron chi connectivity index (χ0n) is 17.8. The van der Waals surface area contributed by atoms with Crippen LogP contribution in [0.3, 0.4) is 0 Å². The molecule has 1 heterocycles. The van der Waals surface area contributed by atoms with Crippen LogP contribution in [0.2, 0.25) is 0 Å². The molecule has 0 aromatic heterocycles. The largest absolute Gasteiger partial charge is 0.507 e. The Labute approximate surface area is 190 Å². The lowest BCUT2D eigenvalue weighted by molar-refractivity contribution is -0.140. The number of hydrogen-bond acceptors (Lipinski definition) is 5. The monoisotopic (exact) mass is 487 g/mol. The van der Waals surface area contributed by atoms with Crippen LogP contribution in [0, 0.1) is 0 Å². The van der Waals surface area contributed by atoms with E-state index in [2.05, 4.69) is 15.9 Å². The molecule has 3 rings (SSSR count). The Bertz CT molecular complexity index is 984. The molecule has 1 saturated heterocycles. The first-order valence-electron chi connectivity index (χ1n) is 10.1. The minimum absolute atomic E-state index is 0.0217. The van der Waals surface area contributed by atoms with Gasteiger partial charge >= 0.3 is 0 Å². The second-order valence-electron chi connectivity index (χ2n) is 7.58. The maximum Gasteiger partial charge on any atom is 0.295 e. The summed E-state index contributed by atoms with van der Waals surface area (Å²) in [5.74, 6) is -0.853. The number of ketones is 1. The third kappa shape index (κ3) is 5.17. The second-order valence-corrected chi connectivity index (χ2v) is 8.50. The molecule has 2 aromatic carbocycles. The highest BCUT2D eigenvalue weighted by Gasteiger charge is 2.45. The second kappa shape index (κ2) is 10.1. The molecule has 1 amide bonds. The normalized spacial score (nSPS) is 18.1. The Morgan fingerprint density at radius 3 is 2.48 bits per heavy atom. The first-order valence-corrected chi connectivity index (χ1v) is 10.9. The summed E-state index contributed by atoms with van der Waals surface area (Å²) in [6, 6.07) is 13.6. The standard InChI is InChI=1S/C24H26BrNO5/c1-15(2)31-19-10-8-16(9-11-19)22(27)20-21(17-6-4-7-18(25)14-17)26(12-5-13-30-3)24(29)23(20)28/h4,6-11,14-15,21,27H,5,12-13H2,1-3H3/t21-/m0/s1. The van der Waals surface area contributed by atoms with Gasteiger partial charge in [-0.1, -0.05) is 28.1 Å². The van der Waals surface area contributed by atoms with Gasteiger partial charge in [0, 0.05) is 30.3 Å². The lowest BCUT2D eigenvalue weighted by Gasteiger charge is -2.25. The van der Waals surface area contributed by atoms with Crippen LogP contribution in [0.25, 0.3) is 5.76 Å². The molecule has 7 heteroatoms. The molecule has 31 heavy (non-hydrogen) atoms. The van der Waals surface area contributed by atoms with E-state index in [4.69, 9.17) is 9.47 Å².